The number of halogens is 1. The van der Waals surface area contributed by atoms with Crippen molar-refractivity contribution in [3.05, 3.63) is 70.2 Å². The first-order chi connectivity index (χ1) is 12.5. The van der Waals surface area contributed by atoms with Gasteiger partial charge >= 0.3 is 6.03 Å². The van der Waals surface area contributed by atoms with Crippen molar-refractivity contribution >= 4 is 39.6 Å². The summed E-state index contributed by atoms with van der Waals surface area (Å²) in [4.78, 5) is 48.8. The topological polar surface area (TPSA) is 92.3 Å². The van der Waals surface area contributed by atoms with E-state index in [1.807, 2.05) is 0 Å². The van der Waals surface area contributed by atoms with Gasteiger partial charge in [-0.1, -0.05) is 64.5 Å². The molecule has 26 heavy (non-hydrogen) atoms. The molecule has 1 aliphatic rings. The van der Waals surface area contributed by atoms with Crippen molar-refractivity contribution in [3.8, 4) is 0 Å². The largest absolute Gasteiger partial charge is 0.328 e. The predicted octanol–water partition coefficient (Wildman–Crippen LogP) is 2.79. The second-order valence-electron chi connectivity index (χ2n) is 5.91. The molecule has 6 nitrogen and oxygen atoms in total. The third-order valence-electron chi connectivity index (χ3n) is 4.25. The molecule has 0 spiro atoms. The molecule has 1 atom stereocenters. The Hall–Kier alpha value is -2.80. The Morgan fingerprint density at radius 3 is 2.12 bits per heavy atom. The first-order valence-electron chi connectivity index (χ1n) is 7.95. The van der Waals surface area contributed by atoms with Gasteiger partial charge in [-0.3, -0.25) is 25.0 Å². The Labute approximate surface area is 158 Å². The van der Waals surface area contributed by atoms with E-state index in [2.05, 4.69) is 26.6 Å². The summed E-state index contributed by atoms with van der Waals surface area (Å²) in [5.41, 5.74) is 1.15. The molecule has 2 aromatic rings. The second kappa shape index (κ2) is 7.61. The van der Waals surface area contributed by atoms with Crippen molar-refractivity contribution in [1.82, 2.24) is 10.6 Å². The van der Waals surface area contributed by atoms with Crippen LogP contribution in [0.15, 0.2) is 59.1 Å². The SMILES string of the molecule is O=C1NC(=O)C(C(CC(=O)c2ccccc2)c2ccccc2Br)C(=O)N1. The first kappa shape index (κ1) is 18.0. The van der Waals surface area contributed by atoms with Crippen molar-refractivity contribution in [2.75, 3.05) is 0 Å². The van der Waals surface area contributed by atoms with Gasteiger partial charge in [-0.2, -0.15) is 0 Å². The van der Waals surface area contributed by atoms with Gasteiger partial charge in [0, 0.05) is 22.4 Å². The summed E-state index contributed by atoms with van der Waals surface area (Å²) < 4.78 is 0.684. The number of urea groups is 1. The van der Waals surface area contributed by atoms with Crippen LogP contribution in [0.25, 0.3) is 0 Å². The lowest BCUT2D eigenvalue weighted by Crippen LogP contribution is -2.57. The zero-order valence-electron chi connectivity index (χ0n) is 13.6. The highest BCUT2D eigenvalue weighted by Gasteiger charge is 2.42. The quantitative estimate of drug-likeness (QED) is 0.580. The van der Waals surface area contributed by atoms with E-state index in [1.165, 1.54) is 0 Å². The molecular weight excluding hydrogens is 400 g/mol. The fraction of sp³-hybridized carbons (Fsp3) is 0.158. The maximum absolute atomic E-state index is 12.7. The molecule has 7 heteroatoms. The number of hydrogen-bond donors (Lipinski definition) is 2. The number of ketones is 1. The fourth-order valence-electron chi connectivity index (χ4n) is 3.02. The zero-order valence-corrected chi connectivity index (χ0v) is 15.2. The molecule has 132 valence electrons. The number of carbonyl (C=O) groups excluding carboxylic acids is 4. The molecule has 0 aromatic heterocycles. The Kier molecular flexibility index (Phi) is 5.27. The first-order valence-corrected chi connectivity index (χ1v) is 8.75. The predicted molar refractivity (Wildman–Crippen MR) is 97.4 cm³/mol. The van der Waals surface area contributed by atoms with Crippen LogP contribution in [-0.2, 0) is 9.59 Å². The van der Waals surface area contributed by atoms with E-state index in [0.29, 0.717) is 15.6 Å². The molecule has 0 aliphatic carbocycles. The average molecular weight is 415 g/mol. The van der Waals surface area contributed by atoms with Gasteiger partial charge in [-0.05, 0) is 11.6 Å². The number of Topliss-reactive ketones (excluding diaryl/α,β-unsaturated/α-hetero) is 1. The summed E-state index contributed by atoms with van der Waals surface area (Å²) >= 11 is 3.42. The van der Waals surface area contributed by atoms with E-state index in [-0.39, 0.29) is 12.2 Å². The monoisotopic (exact) mass is 414 g/mol. The molecule has 2 N–H and O–H groups in total. The summed E-state index contributed by atoms with van der Waals surface area (Å²) in [6, 6.07) is 14.9. The molecule has 2 aromatic carbocycles. The van der Waals surface area contributed by atoms with E-state index in [9.17, 15) is 19.2 Å². The molecule has 1 aliphatic heterocycles. The van der Waals surface area contributed by atoms with Gasteiger partial charge in [0.15, 0.2) is 5.78 Å². The summed E-state index contributed by atoms with van der Waals surface area (Å²) in [5.74, 6) is -3.50. The molecular formula is C19H15BrN2O4. The minimum atomic E-state index is -1.18. The van der Waals surface area contributed by atoms with Crippen LogP contribution in [-0.4, -0.2) is 23.6 Å². The van der Waals surface area contributed by atoms with E-state index >= 15 is 0 Å². The van der Waals surface area contributed by atoms with Gasteiger partial charge in [0.2, 0.25) is 11.8 Å². The van der Waals surface area contributed by atoms with Crippen LogP contribution in [0.1, 0.15) is 28.3 Å². The van der Waals surface area contributed by atoms with Crippen LogP contribution in [0.3, 0.4) is 0 Å². The highest BCUT2D eigenvalue weighted by Crippen LogP contribution is 2.35. The van der Waals surface area contributed by atoms with Crippen LogP contribution < -0.4 is 10.6 Å². The van der Waals surface area contributed by atoms with Crippen molar-refractivity contribution in [2.24, 2.45) is 5.92 Å². The zero-order chi connectivity index (χ0) is 18.7. The highest BCUT2D eigenvalue weighted by molar-refractivity contribution is 9.10. The van der Waals surface area contributed by atoms with Crippen molar-refractivity contribution in [3.63, 3.8) is 0 Å². The third-order valence-corrected chi connectivity index (χ3v) is 4.97. The maximum atomic E-state index is 12.7. The van der Waals surface area contributed by atoms with Crippen LogP contribution in [0, 0.1) is 5.92 Å². The van der Waals surface area contributed by atoms with Gasteiger partial charge in [0.05, 0.1) is 0 Å². The average Bonchev–Trinajstić information content (AvgIpc) is 2.61. The van der Waals surface area contributed by atoms with Crippen molar-refractivity contribution < 1.29 is 19.2 Å². The van der Waals surface area contributed by atoms with Crippen LogP contribution >= 0.6 is 15.9 Å². The lowest BCUT2D eigenvalue weighted by molar-refractivity contribution is -0.136. The molecule has 0 radical (unpaired) electrons. The molecule has 1 fully saturated rings. The summed E-state index contributed by atoms with van der Waals surface area (Å²) in [6.07, 6.45) is -0.0493. The van der Waals surface area contributed by atoms with Gasteiger partial charge in [-0.25, -0.2) is 4.79 Å². The molecule has 1 saturated heterocycles. The normalized spacial score (nSPS) is 16.0. The lowest BCUT2D eigenvalue weighted by atomic mass is 9.79. The van der Waals surface area contributed by atoms with E-state index in [1.54, 1.807) is 54.6 Å². The third kappa shape index (κ3) is 3.72. The number of amides is 4. The Bertz CT molecular complexity index is 862. The smallest absolute Gasteiger partial charge is 0.294 e. The second-order valence-corrected chi connectivity index (χ2v) is 6.76. The minimum absolute atomic E-state index is 0.0493. The number of barbiturate groups is 1. The van der Waals surface area contributed by atoms with Gasteiger partial charge in [0.25, 0.3) is 0 Å². The molecule has 0 saturated carbocycles. The number of nitrogens with one attached hydrogen (secondary N) is 2. The summed E-state index contributed by atoms with van der Waals surface area (Å²) in [5, 5.41) is 4.21. The minimum Gasteiger partial charge on any atom is -0.294 e. The van der Waals surface area contributed by atoms with E-state index in [4.69, 9.17) is 0 Å². The molecule has 4 amide bonds. The standard InChI is InChI=1S/C19H15BrN2O4/c20-14-9-5-4-8-12(14)13(10-15(23)11-6-2-1-3-7-11)16-17(24)21-19(26)22-18(16)25/h1-9,13,16H,10H2,(H2,21,22,24,25,26). The number of rotatable bonds is 5. The number of carbonyl (C=O) groups is 4. The van der Waals surface area contributed by atoms with Crippen molar-refractivity contribution in [2.45, 2.75) is 12.3 Å². The Morgan fingerprint density at radius 1 is 0.923 bits per heavy atom. The van der Waals surface area contributed by atoms with Crippen molar-refractivity contribution in [1.29, 1.82) is 0 Å². The van der Waals surface area contributed by atoms with Gasteiger partial charge in [-0.15, -0.1) is 0 Å². The number of hydrogen-bond acceptors (Lipinski definition) is 4. The molecule has 1 unspecified atom stereocenters. The lowest BCUT2D eigenvalue weighted by Gasteiger charge is -2.28. The summed E-state index contributed by atoms with van der Waals surface area (Å²) in [7, 11) is 0. The van der Waals surface area contributed by atoms with Crippen LogP contribution in [0.4, 0.5) is 4.79 Å². The molecule has 0 bridgehead atoms. The Balaban J connectivity index is 1.99. The van der Waals surface area contributed by atoms with Gasteiger partial charge < -0.3 is 0 Å². The fourth-order valence-corrected chi connectivity index (χ4v) is 3.60. The van der Waals surface area contributed by atoms with E-state index in [0.717, 1.165) is 0 Å². The number of imide groups is 2. The summed E-state index contributed by atoms with van der Waals surface area (Å²) in [6.45, 7) is 0. The maximum Gasteiger partial charge on any atom is 0.328 e. The highest BCUT2D eigenvalue weighted by atomic mass is 79.9. The van der Waals surface area contributed by atoms with E-state index < -0.39 is 29.7 Å². The Morgan fingerprint density at radius 2 is 1.50 bits per heavy atom. The van der Waals surface area contributed by atoms with Crippen LogP contribution in [0.2, 0.25) is 0 Å². The molecule has 1 heterocycles. The van der Waals surface area contributed by atoms with Crippen LogP contribution in [0.5, 0.6) is 0 Å². The van der Waals surface area contributed by atoms with Gasteiger partial charge in [0.1, 0.15) is 5.92 Å². The number of benzene rings is 2. The molecule has 3 rings (SSSR count).